The maximum absolute atomic E-state index is 4.48. The van der Waals surface area contributed by atoms with Crippen LogP contribution in [0.4, 0.5) is 0 Å². The summed E-state index contributed by atoms with van der Waals surface area (Å²) in [6.45, 7) is 6.59. The monoisotopic (exact) mass is 249 g/mol. The van der Waals surface area contributed by atoms with Gasteiger partial charge in [-0.05, 0) is 31.7 Å². The number of hydrogen-bond donors (Lipinski definition) is 1. The number of nitrogens with zero attached hydrogens (tertiary/aromatic N) is 2. The highest BCUT2D eigenvalue weighted by Gasteiger charge is 2.24. The SMILES string of the molecule is CCCc1nccn1CC(NCC)C1CCCC1. The summed E-state index contributed by atoms with van der Waals surface area (Å²) in [6.07, 6.45) is 12.0. The summed E-state index contributed by atoms with van der Waals surface area (Å²) in [6, 6.07) is 0.627. The van der Waals surface area contributed by atoms with Crippen LogP contribution in [0.15, 0.2) is 12.4 Å². The van der Waals surface area contributed by atoms with Gasteiger partial charge in [0.15, 0.2) is 0 Å². The molecule has 0 amide bonds. The van der Waals surface area contributed by atoms with Crippen LogP contribution in [0.2, 0.25) is 0 Å². The molecule has 3 heteroatoms. The average Bonchev–Trinajstić information content (AvgIpc) is 3.01. The van der Waals surface area contributed by atoms with E-state index in [9.17, 15) is 0 Å². The molecule has 0 radical (unpaired) electrons. The maximum atomic E-state index is 4.48. The highest BCUT2D eigenvalue weighted by atomic mass is 15.1. The lowest BCUT2D eigenvalue weighted by molar-refractivity contribution is 0.324. The van der Waals surface area contributed by atoms with Gasteiger partial charge in [-0.15, -0.1) is 0 Å². The van der Waals surface area contributed by atoms with Gasteiger partial charge in [-0.2, -0.15) is 0 Å². The molecule has 1 N–H and O–H groups in total. The van der Waals surface area contributed by atoms with E-state index in [0.717, 1.165) is 25.4 Å². The van der Waals surface area contributed by atoms with Gasteiger partial charge in [0, 0.05) is 31.4 Å². The first-order valence-electron chi connectivity index (χ1n) is 7.58. The minimum Gasteiger partial charge on any atom is -0.333 e. The van der Waals surface area contributed by atoms with E-state index < -0.39 is 0 Å². The van der Waals surface area contributed by atoms with Crippen molar-refractivity contribution >= 4 is 0 Å². The molecule has 0 bridgehead atoms. The Hall–Kier alpha value is -0.830. The van der Waals surface area contributed by atoms with E-state index in [4.69, 9.17) is 0 Å². The van der Waals surface area contributed by atoms with E-state index in [1.54, 1.807) is 0 Å². The van der Waals surface area contributed by atoms with E-state index in [1.807, 2.05) is 6.20 Å². The van der Waals surface area contributed by atoms with Gasteiger partial charge < -0.3 is 9.88 Å². The molecule has 1 aliphatic rings. The Bertz CT molecular complexity index is 339. The lowest BCUT2D eigenvalue weighted by atomic mass is 9.98. The Morgan fingerprint density at radius 1 is 1.39 bits per heavy atom. The Labute approximate surface area is 111 Å². The van der Waals surface area contributed by atoms with E-state index in [-0.39, 0.29) is 0 Å². The first kappa shape index (κ1) is 13.6. The second-order valence-corrected chi connectivity index (χ2v) is 5.45. The fraction of sp³-hybridized carbons (Fsp3) is 0.800. The molecule has 1 aromatic rings. The van der Waals surface area contributed by atoms with Crippen molar-refractivity contribution in [2.75, 3.05) is 6.54 Å². The number of rotatable bonds is 7. The van der Waals surface area contributed by atoms with Crippen molar-refractivity contribution in [3.8, 4) is 0 Å². The van der Waals surface area contributed by atoms with Gasteiger partial charge in [-0.3, -0.25) is 0 Å². The van der Waals surface area contributed by atoms with Crippen LogP contribution in [0.1, 0.15) is 51.8 Å². The minimum absolute atomic E-state index is 0.627. The molecular formula is C15H27N3. The quantitative estimate of drug-likeness (QED) is 0.805. The van der Waals surface area contributed by atoms with Crippen molar-refractivity contribution in [3.63, 3.8) is 0 Å². The van der Waals surface area contributed by atoms with Crippen molar-refractivity contribution in [2.24, 2.45) is 5.92 Å². The molecule has 18 heavy (non-hydrogen) atoms. The van der Waals surface area contributed by atoms with E-state index in [1.165, 1.54) is 37.9 Å². The average molecular weight is 249 g/mol. The predicted molar refractivity (Wildman–Crippen MR) is 75.6 cm³/mol. The molecule has 1 aliphatic carbocycles. The largest absolute Gasteiger partial charge is 0.333 e. The predicted octanol–water partition coefficient (Wildman–Crippen LogP) is 3.00. The van der Waals surface area contributed by atoms with Gasteiger partial charge in [-0.25, -0.2) is 4.98 Å². The number of nitrogens with one attached hydrogen (secondary N) is 1. The van der Waals surface area contributed by atoms with Gasteiger partial charge in [0.1, 0.15) is 5.82 Å². The van der Waals surface area contributed by atoms with Gasteiger partial charge >= 0.3 is 0 Å². The summed E-state index contributed by atoms with van der Waals surface area (Å²) in [7, 11) is 0. The van der Waals surface area contributed by atoms with Gasteiger partial charge in [-0.1, -0.05) is 26.7 Å². The Balaban J connectivity index is 2.00. The summed E-state index contributed by atoms with van der Waals surface area (Å²) in [5, 5.41) is 3.68. The second-order valence-electron chi connectivity index (χ2n) is 5.45. The van der Waals surface area contributed by atoms with E-state index >= 15 is 0 Å². The zero-order chi connectivity index (χ0) is 12.8. The Morgan fingerprint density at radius 2 is 2.17 bits per heavy atom. The van der Waals surface area contributed by atoms with Crippen LogP contribution < -0.4 is 5.32 Å². The molecule has 1 atom stereocenters. The molecule has 0 spiro atoms. The standard InChI is InChI=1S/C15H27N3/c1-3-7-15-17-10-11-18(15)12-14(16-4-2)13-8-5-6-9-13/h10-11,13-14,16H,3-9,12H2,1-2H3. The third-order valence-corrected chi connectivity index (χ3v) is 4.10. The summed E-state index contributed by atoms with van der Waals surface area (Å²) < 4.78 is 2.36. The van der Waals surface area contributed by atoms with E-state index in [0.29, 0.717) is 6.04 Å². The highest BCUT2D eigenvalue weighted by Crippen LogP contribution is 2.28. The molecule has 1 fully saturated rings. The maximum Gasteiger partial charge on any atom is 0.108 e. The van der Waals surface area contributed by atoms with Crippen LogP contribution in [-0.4, -0.2) is 22.1 Å². The molecule has 1 saturated carbocycles. The lowest BCUT2D eigenvalue weighted by Crippen LogP contribution is -2.39. The molecule has 0 aromatic carbocycles. The summed E-state index contributed by atoms with van der Waals surface area (Å²) in [4.78, 5) is 4.48. The van der Waals surface area contributed by atoms with Crippen molar-refractivity contribution in [3.05, 3.63) is 18.2 Å². The first-order chi connectivity index (χ1) is 8.85. The molecule has 0 saturated heterocycles. The van der Waals surface area contributed by atoms with Crippen LogP contribution >= 0.6 is 0 Å². The molecular weight excluding hydrogens is 222 g/mol. The molecule has 1 aromatic heterocycles. The van der Waals surface area contributed by atoms with Crippen molar-refractivity contribution in [1.29, 1.82) is 0 Å². The molecule has 102 valence electrons. The zero-order valence-electron chi connectivity index (χ0n) is 11.9. The molecule has 3 nitrogen and oxygen atoms in total. The van der Waals surface area contributed by atoms with Crippen molar-refractivity contribution in [1.82, 2.24) is 14.9 Å². The molecule has 1 unspecified atom stereocenters. The molecule has 1 heterocycles. The third-order valence-electron chi connectivity index (χ3n) is 4.10. The van der Waals surface area contributed by atoms with E-state index in [2.05, 4.69) is 34.9 Å². The zero-order valence-corrected chi connectivity index (χ0v) is 11.9. The topological polar surface area (TPSA) is 29.9 Å². The summed E-state index contributed by atoms with van der Waals surface area (Å²) in [5.74, 6) is 2.11. The fourth-order valence-electron chi connectivity index (χ4n) is 3.17. The fourth-order valence-corrected chi connectivity index (χ4v) is 3.17. The third kappa shape index (κ3) is 3.35. The number of aromatic nitrogens is 2. The normalized spacial score (nSPS) is 18.3. The van der Waals surface area contributed by atoms with Crippen LogP contribution in [0.3, 0.4) is 0 Å². The minimum atomic E-state index is 0.627. The Morgan fingerprint density at radius 3 is 2.83 bits per heavy atom. The molecule has 0 aliphatic heterocycles. The summed E-state index contributed by atoms with van der Waals surface area (Å²) >= 11 is 0. The number of likely N-dealkylation sites (N-methyl/N-ethyl adjacent to an activating group) is 1. The number of imidazole rings is 1. The number of aryl methyl sites for hydroxylation is 1. The van der Waals surface area contributed by atoms with Gasteiger partial charge in [0.05, 0.1) is 0 Å². The Kier molecular flexibility index (Phi) is 5.24. The van der Waals surface area contributed by atoms with Crippen LogP contribution in [0.5, 0.6) is 0 Å². The van der Waals surface area contributed by atoms with Gasteiger partial charge in [0.2, 0.25) is 0 Å². The lowest BCUT2D eigenvalue weighted by Gasteiger charge is -2.25. The van der Waals surface area contributed by atoms with Crippen LogP contribution in [-0.2, 0) is 13.0 Å². The van der Waals surface area contributed by atoms with Crippen molar-refractivity contribution in [2.45, 2.75) is 65.0 Å². The highest BCUT2D eigenvalue weighted by molar-refractivity contribution is 4.94. The smallest absolute Gasteiger partial charge is 0.108 e. The van der Waals surface area contributed by atoms with Crippen LogP contribution in [0.25, 0.3) is 0 Å². The van der Waals surface area contributed by atoms with Crippen molar-refractivity contribution < 1.29 is 0 Å². The second kappa shape index (κ2) is 6.93. The summed E-state index contributed by atoms with van der Waals surface area (Å²) in [5.41, 5.74) is 0. The molecule has 2 rings (SSSR count). The van der Waals surface area contributed by atoms with Gasteiger partial charge in [0.25, 0.3) is 0 Å². The van der Waals surface area contributed by atoms with Crippen LogP contribution in [0, 0.1) is 5.92 Å². The number of hydrogen-bond acceptors (Lipinski definition) is 2. The first-order valence-corrected chi connectivity index (χ1v) is 7.58.